The van der Waals surface area contributed by atoms with E-state index in [-0.39, 0.29) is 5.82 Å². The Kier molecular flexibility index (Phi) is 4.25. The molecule has 2 rings (SSSR count). The number of halogens is 2. The minimum Gasteiger partial charge on any atom is -0.368 e. The molecule has 17 heavy (non-hydrogen) atoms. The van der Waals surface area contributed by atoms with Crippen molar-refractivity contribution in [3.63, 3.8) is 0 Å². The number of piperazine rings is 1. The summed E-state index contributed by atoms with van der Waals surface area (Å²) in [5.74, 6) is 0.463. The molecule has 0 spiro atoms. The molecular formula is C13H18FIN2. The van der Waals surface area contributed by atoms with Gasteiger partial charge >= 0.3 is 0 Å². The second-order valence-electron chi connectivity index (χ2n) is 4.85. The number of hydrogen-bond acceptors (Lipinski definition) is 2. The van der Waals surface area contributed by atoms with Crippen molar-refractivity contribution in [3.05, 3.63) is 27.6 Å². The molecule has 1 N–H and O–H groups in total. The summed E-state index contributed by atoms with van der Waals surface area (Å²) in [7, 11) is 0. The van der Waals surface area contributed by atoms with E-state index in [9.17, 15) is 4.39 Å². The van der Waals surface area contributed by atoms with Gasteiger partial charge in [0.15, 0.2) is 0 Å². The Morgan fingerprint density at radius 1 is 1.47 bits per heavy atom. The number of hydrogen-bond donors (Lipinski definition) is 1. The Bertz CT molecular complexity index is 395. The monoisotopic (exact) mass is 348 g/mol. The van der Waals surface area contributed by atoms with Crippen molar-refractivity contribution in [2.45, 2.75) is 19.9 Å². The molecule has 1 atom stereocenters. The van der Waals surface area contributed by atoms with Crippen LogP contribution in [0.4, 0.5) is 10.1 Å². The van der Waals surface area contributed by atoms with Crippen molar-refractivity contribution in [3.8, 4) is 0 Å². The smallest absolute Gasteiger partial charge is 0.124 e. The Balaban J connectivity index is 2.16. The SMILES string of the molecule is CC(C)C1CN(c2ccc(F)cc2I)CCN1. The molecule has 2 nitrogen and oxygen atoms in total. The molecule has 0 bridgehead atoms. The Hall–Kier alpha value is -0.360. The van der Waals surface area contributed by atoms with Crippen molar-refractivity contribution < 1.29 is 4.39 Å². The van der Waals surface area contributed by atoms with Crippen molar-refractivity contribution >= 4 is 28.3 Å². The molecule has 1 unspecified atom stereocenters. The zero-order chi connectivity index (χ0) is 12.4. The van der Waals surface area contributed by atoms with Crippen LogP contribution < -0.4 is 10.2 Å². The van der Waals surface area contributed by atoms with Gasteiger partial charge in [-0.3, -0.25) is 0 Å². The number of rotatable bonds is 2. The zero-order valence-electron chi connectivity index (χ0n) is 10.2. The Labute approximate surface area is 116 Å². The van der Waals surface area contributed by atoms with Gasteiger partial charge in [-0.25, -0.2) is 4.39 Å². The maximum absolute atomic E-state index is 13.1. The van der Waals surface area contributed by atoms with Gasteiger partial charge in [-0.05, 0) is 46.7 Å². The van der Waals surface area contributed by atoms with Gasteiger partial charge < -0.3 is 10.2 Å². The van der Waals surface area contributed by atoms with Gasteiger partial charge in [-0.15, -0.1) is 0 Å². The number of nitrogens with zero attached hydrogens (tertiary/aromatic N) is 1. The fraction of sp³-hybridized carbons (Fsp3) is 0.538. The first-order valence-electron chi connectivity index (χ1n) is 6.01. The lowest BCUT2D eigenvalue weighted by atomic mass is 10.0. The van der Waals surface area contributed by atoms with E-state index < -0.39 is 0 Å². The number of nitrogens with one attached hydrogen (secondary N) is 1. The molecule has 1 aromatic carbocycles. The average Bonchev–Trinajstić information content (AvgIpc) is 2.29. The molecule has 0 amide bonds. The molecule has 1 saturated heterocycles. The molecule has 1 fully saturated rings. The van der Waals surface area contributed by atoms with Crippen molar-refractivity contribution in [1.82, 2.24) is 5.32 Å². The molecule has 4 heteroatoms. The van der Waals surface area contributed by atoms with Crippen LogP contribution in [0, 0.1) is 15.3 Å². The van der Waals surface area contributed by atoms with Crippen molar-refractivity contribution in [2.24, 2.45) is 5.92 Å². The standard InChI is InChI=1S/C13H18FIN2/c1-9(2)12-8-17(6-5-16-12)13-4-3-10(14)7-11(13)15/h3-4,7,9,12,16H,5-6,8H2,1-2H3. The minimum atomic E-state index is -0.159. The van der Waals surface area contributed by atoms with Crippen LogP contribution in [0.15, 0.2) is 18.2 Å². The number of anilines is 1. The van der Waals surface area contributed by atoms with Crippen LogP contribution in [0.1, 0.15) is 13.8 Å². The fourth-order valence-corrected chi connectivity index (χ4v) is 3.00. The molecule has 0 radical (unpaired) electrons. The first kappa shape index (κ1) is 13.1. The van der Waals surface area contributed by atoms with Gasteiger partial charge in [-0.1, -0.05) is 13.8 Å². The molecule has 94 valence electrons. The van der Waals surface area contributed by atoms with E-state index in [1.165, 1.54) is 0 Å². The summed E-state index contributed by atoms with van der Waals surface area (Å²) in [6.45, 7) is 7.45. The third-order valence-electron chi connectivity index (χ3n) is 3.26. The highest BCUT2D eigenvalue weighted by Gasteiger charge is 2.22. The molecule has 0 aromatic heterocycles. The summed E-state index contributed by atoms with van der Waals surface area (Å²) < 4.78 is 14.1. The maximum atomic E-state index is 13.1. The van der Waals surface area contributed by atoms with Crippen LogP contribution in [0.25, 0.3) is 0 Å². The van der Waals surface area contributed by atoms with E-state index in [4.69, 9.17) is 0 Å². The van der Waals surface area contributed by atoms with E-state index in [0.29, 0.717) is 12.0 Å². The summed E-state index contributed by atoms with van der Waals surface area (Å²) >= 11 is 2.21. The largest absolute Gasteiger partial charge is 0.368 e. The normalized spacial score (nSPS) is 21.0. The molecule has 1 heterocycles. The van der Waals surface area contributed by atoms with Gasteiger partial charge in [-0.2, -0.15) is 0 Å². The minimum absolute atomic E-state index is 0.159. The van der Waals surface area contributed by atoms with E-state index in [0.717, 1.165) is 28.9 Å². The summed E-state index contributed by atoms with van der Waals surface area (Å²) in [4.78, 5) is 2.35. The summed E-state index contributed by atoms with van der Waals surface area (Å²) in [5.41, 5.74) is 1.15. The van der Waals surface area contributed by atoms with Crippen molar-refractivity contribution in [2.75, 3.05) is 24.5 Å². The predicted octanol–water partition coefficient (Wildman–Crippen LogP) is 2.86. The Morgan fingerprint density at radius 3 is 2.88 bits per heavy atom. The predicted molar refractivity (Wildman–Crippen MR) is 78.0 cm³/mol. The lowest BCUT2D eigenvalue weighted by Crippen LogP contribution is -2.53. The molecule has 1 aromatic rings. The summed E-state index contributed by atoms with van der Waals surface area (Å²) in [6.07, 6.45) is 0. The van der Waals surface area contributed by atoms with Gasteiger partial charge in [0.2, 0.25) is 0 Å². The second kappa shape index (κ2) is 5.52. The lowest BCUT2D eigenvalue weighted by molar-refractivity contribution is 0.368. The third-order valence-corrected chi connectivity index (χ3v) is 4.12. The van der Waals surface area contributed by atoms with E-state index >= 15 is 0 Å². The van der Waals surface area contributed by atoms with E-state index in [2.05, 4.69) is 46.7 Å². The fourth-order valence-electron chi connectivity index (χ4n) is 2.18. The summed E-state index contributed by atoms with van der Waals surface area (Å²) in [5, 5.41) is 3.53. The maximum Gasteiger partial charge on any atom is 0.124 e. The molecular weight excluding hydrogens is 330 g/mol. The van der Waals surface area contributed by atoms with Gasteiger partial charge in [0.1, 0.15) is 5.82 Å². The van der Waals surface area contributed by atoms with Gasteiger partial charge in [0.05, 0.1) is 5.69 Å². The highest BCUT2D eigenvalue weighted by Crippen LogP contribution is 2.25. The molecule has 0 saturated carbocycles. The first-order chi connectivity index (χ1) is 8.08. The quantitative estimate of drug-likeness (QED) is 0.827. The van der Waals surface area contributed by atoms with Crippen LogP contribution >= 0.6 is 22.6 Å². The molecule has 1 aliphatic heterocycles. The van der Waals surface area contributed by atoms with Crippen molar-refractivity contribution in [1.29, 1.82) is 0 Å². The first-order valence-corrected chi connectivity index (χ1v) is 7.09. The van der Waals surface area contributed by atoms with Crippen LogP contribution in [0.5, 0.6) is 0 Å². The van der Waals surface area contributed by atoms with E-state index in [1.807, 2.05) is 6.07 Å². The van der Waals surface area contributed by atoms with Crippen LogP contribution in [-0.2, 0) is 0 Å². The topological polar surface area (TPSA) is 15.3 Å². The van der Waals surface area contributed by atoms with Crippen LogP contribution in [0.3, 0.4) is 0 Å². The average molecular weight is 348 g/mol. The van der Waals surface area contributed by atoms with Gasteiger partial charge in [0, 0.05) is 29.2 Å². The highest BCUT2D eigenvalue weighted by atomic mass is 127. The zero-order valence-corrected chi connectivity index (χ0v) is 12.4. The molecule has 1 aliphatic rings. The van der Waals surface area contributed by atoms with Crippen LogP contribution in [0.2, 0.25) is 0 Å². The van der Waals surface area contributed by atoms with Gasteiger partial charge in [0.25, 0.3) is 0 Å². The third kappa shape index (κ3) is 3.10. The number of benzene rings is 1. The van der Waals surface area contributed by atoms with E-state index in [1.54, 1.807) is 12.1 Å². The second-order valence-corrected chi connectivity index (χ2v) is 6.01. The highest BCUT2D eigenvalue weighted by molar-refractivity contribution is 14.1. The lowest BCUT2D eigenvalue weighted by Gasteiger charge is -2.37. The summed E-state index contributed by atoms with van der Waals surface area (Å²) in [6, 6.07) is 5.55. The molecule has 0 aliphatic carbocycles. The Morgan fingerprint density at radius 2 is 2.24 bits per heavy atom. The van der Waals surface area contributed by atoms with Crippen LogP contribution in [-0.4, -0.2) is 25.7 Å².